The first-order valence-electron chi connectivity index (χ1n) is 5.02. The molecular formula is C11H16. The van der Waals surface area contributed by atoms with E-state index in [-0.39, 0.29) is 0 Å². The predicted molar refractivity (Wildman–Crippen MR) is 46.2 cm³/mol. The minimum Gasteiger partial charge on any atom is -0.0819 e. The van der Waals surface area contributed by atoms with Gasteiger partial charge in [0, 0.05) is 0 Å². The van der Waals surface area contributed by atoms with Crippen molar-refractivity contribution in [2.75, 3.05) is 0 Å². The molecule has 2 bridgehead atoms. The molecule has 0 radical (unpaired) electrons. The monoisotopic (exact) mass is 148 g/mol. The second-order valence-electron chi connectivity index (χ2n) is 4.88. The second kappa shape index (κ2) is 1.91. The summed E-state index contributed by atoms with van der Waals surface area (Å²) in [7, 11) is 0. The first-order valence-corrected chi connectivity index (χ1v) is 5.02. The third kappa shape index (κ3) is 0.881. The molecule has 0 amide bonds. The molecule has 0 spiro atoms. The van der Waals surface area contributed by atoms with Gasteiger partial charge < -0.3 is 0 Å². The minimum atomic E-state index is 1.01. The molecule has 3 atom stereocenters. The van der Waals surface area contributed by atoms with Crippen LogP contribution in [0.15, 0.2) is 11.6 Å². The number of allylic oxidation sites excluding steroid dienone is 2. The van der Waals surface area contributed by atoms with Gasteiger partial charge in [0.2, 0.25) is 0 Å². The maximum absolute atomic E-state index is 2.61. The Bertz CT molecular complexity index is 206. The molecule has 0 aliphatic heterocycles. The number of rotatable bonds is 1. The van der Waals surface area contributed by atoms with E-state index < -0.39 is 0 Å². The van der Waals surface area contributed by atoms with Crippen molar-refractivity contribution >= 4 is 0 Å². The SMILES string of the molecule is CC1CC1C1C=C2CC(C2)C1. The summed E-state index contributed by atoms with van der Waals surface area (Å²) >= 11 is 0. The van der Waals surface area contributed by atoms with Crippen LogP contribution >= 0.6 is 0 Å². The van der Waals surface area contributed by atoms with Gasteiger partial charge in [-0.3, -0.25) is 0 Å². The zero-order valence-corrected chi connectivity index (χ0v) is 7.22. The molecule has 4 aliphatic carbocycles. The molecule has 0 aromatic carbocycles. The van der Waals surface area contributed by atoms with Crippen molar-refractivity contribution in [3.8, 4) is 0 Å². The standard InChI is InChI=1S/C11H16/c1-7-2-11(7)10-5-8-3-9(4-8)6-10/h5,7,9-11H,2-4,6H2,1H3. The minimum absolute atomic E-state index is 1.01. The summed E-state index contributed by atoms with van der Waals surface area (Å²) in [6, 6.07) is 0. The van der Waals surface area contributed by atoms with Crippen molar-refractivity contribution in [1.29, 1.82) is 0 Å². The van der Waals surface area contributed by atoms with E-state index in [0.29, 0.717) is 0 Å². The Morgan fingerprint density at radius 1 is 1.27 bits per heavy atom. The highest BCUT2D eigenvalue weighted by molar-refractivity contribution is 5.21. The molecule has 0 aromatic heterocycles. The first kappa shape index (κ1) is 6.28. The molecule has 2 fully saturated rings. The fraction of sp³-hybridized carbons (Fsp3) is 0.818. The maximum atomic E-state index is 2.61. The fourth-order valence-electron chi connectivity index (χ4n) is 2.99. The Kier molecular flexibility index (Phi) is 1.09. The molecule has 0 saturated heterocycles. The van der Waals surface area contributed by atoms with E-state index in [1.54, 1.807) is 5.57 Å². The van der Waals surface area contributed by atoms with Gasteiger partial charge in [0.1, 0.15) is 0 Å². The summed E-state index contributed by atoms with van der Waals surface area (Å²) in [4.78, 5) is 0. The summed E-state index contributed by atoms with van der Waals surface area (Å²) in [6.07, 6.45) is 8.56. The van der Waals surface area contributed by atoms with Gasteiger partial charge in [-0.15, -0.1) is 0 Å². The molecule has 11 heavy (non-hydrogen) atoms. The lowest BCUT2D eigenvalue weighted by Crippen LogP contribution is -2.25. The average molecular weight is 148 g/mol. The number of hydrogen-bond donors (Lipinski definition) is 0. The van der Waals surface area contributed by atoms with Crippen LogP contribution < -0.4 is 0 Å². The van der Waals surface area contributed by atoms with Crippen LogP contribution in [0.3, 0.4) is 0 Å². The maximum Gasteiger partial charge on any atom is -0.0197 e. The zero-order valence-electron chi connectivity index (χ0n) is 7.22. The summed E-state index contributed by atoms with van der Waals surface area (Å²) < 4.78 is 0. The molecule has 4 rings (SSSR count). The van der Waals surface area contributed by atoms with Gasteiger partial charge >= 0.3 is 0 Å². The smallest absolute Gasteiger partial charge is 0.0197 e. The predicted octanol–water partition coefficient (Wildman–Crippen LogP) is 3.00. The Hall–Kier alpha value is -0.260. The van der Waals surface area contributed by atoms with E-state index >= 15 is 0 Å². The van der Waals surface area contributed by atoms with Gasteiger partial charge in [0.15, 0.2) is 0 Å². The van der Waals surface area contributed by atoms with E-state index in [2.05, 4.69) is 13.0 Å². The van der Waals surface area contributed by atoms with Crippen molar-refractivity contribution in [3.05, 3.63) is 11.6 Å². The summed E-state index contributed by atoms with van der Waals surface area (Å²) in [5, 5.41) is 0. The van der Waals surface area contributed by atoms with E-state index in [0.717, 1.165) is 23.7 Å². The summed E-state index contributed by atoms with van der Waals surface area (Å²) in [6.45, 7) is 2.41. The van der Waals surface area contributed by atoms with Crippen LogP contribution in [0.5, 0.6) is 0 Å². The molecule has 0 heteroatoms. The normalized spacial score (nSPS) is 53.0. The van der Waals surface area contributed by atoms with Crippen molar-refractivity contribution in [2.24, 2.45) is 23.7 Å². The Morgan fingerprint density at radius 3 is 2.45 bits per heavy atom. The first-order chi connectivity index (χ1) is 5.33. The topological polar surface area (TPSA) is 0 Å². The molecule has 0 N–H and O–H groups in total. The summed E-state index contributed by atoms with van der Waals surface area (Å²) in [5.41, 5.74) is 1.78. The van der Waals surface area contributed by atoms with Crippen LogP contribution in [0.25, 0.3) is 0 Å². The number of fused-ring (bicyclic) bond motifs is 2. The van der Waals surface area contributed by atoms with E-state index in [1.807, 2.05) is 0 Å². The third-order valence-corrected chi connectivity index (χ3v) is 3.88. The van der Waals surface area contributed by atoms with Crippen LogP contribution in [-0.2, 0) is 0 Å². The van der Waals surface area contributed by atoms with Crippen LogP contribution in [-0.4, -0.2) is 0 Å². The van der Waals surface area contributed by atoms with Crippen LogP contribution in [0.4, 0.5) is 0 Å². The average Bonchev–Trinajstić information content (AvgIpc) is 2.66. The highest BCUT2D eigenvalue weighted by Gasteiger charge is 2.43. The Labute approximate surface area is 68.7 Å². The largest absolute Gasteiger partial charge is 0.0819 e. The lowest BCUT2D eigenvalue weighted by molar-refractivity contribution is 0.283. The van der Waals surface area contributed by atoms with Gasteiger partial charge in [0.05, 0.1) is 0 Å². The van der Waals surface area contributed by atoms with Gasteiger partial charge in [0.25, 0.3) is 0 Å². The second-order valence-corrected chi connectivity index (χ2v) is 4.88. The molecular weight excluding hydrogens is 132 g/mol. The Balaban J connectivity index is 1.76. The van der Waals surface area contributed by atoms with E-state index in [1.165, 1.54) is 25.7 Å². The van der Waals surface area contributed by atoms with Crippen molar-refractivity contribution in [1.82, 2.24) is 0 Å². The molecule has 60 valence electrons. The van der Waals surface area contributed by atoms with Gasteiger partial charge in [-0.2, -0.15) is 0 Å². The third-order valence-electron chi connectivity index (χ3n) is 3.88. The fourth-order valence-corrected chi connectivity index (χ4v) is 2.99. The molecule has 4 aliphatic rings. The van der Waals surface area contributed by atoms with E-state index in [4.69, 9.17) is 0 Å². The van der Waals surface area contributed by atoms with Crippen LogP contribution in [0.1, 0.15) is 32.6 Å². The number of hydrogen-bond acceptors (Lipinski definition) is 0. The van der Waals surface area contributed by atoms with Crippen LogP contribution in [0, 0.1) is 23.7 Å². The van der Waals surface area contributed by atoms with Gasteiger partial charge in [-0.1, -0.05) is 18.6 Å². The van der Waals surface area contributed by atoms with Crippen molar-refractivity contribution < 1.29 is 0 Å². The highest BCUT2D eigenvalue weighted by Crippen LogP contribution is 2.53. The summed E-state index contributed by atoms with van der Waals surface area (Å²) in [5.74, 6) is 4.25. The van der Waals surface area contributed by atoms with Crippen molar-refractivity contribution in [2.45, 2.75) is 32.6 Å². The molecule has 0 heterocycles. The lowest BCUT2D eigenvalue weighted by atomic mass is 9.67. The van der Waals surface area contributed by atoms with E-state index in [9.17, 15) is 0 Å². The van der Waals surface area contributed by atoms with Gasteiger partial charge in [-0.25, -0.2) is 0 Å². The Morgan fingerprint density at radius 2 is 2.00 bits per heavy atom. The highest BCUT2D eigenvalue weighted by atomic mass is 14.5. The lowest BCUT2D eigenvalue weighted by Gasteiger charge is -2.38. The molecule has 0 nitrogen and oxygen atoms in total. The van der Waals surface area contributed by atoms with Crippen LogP contribution in [0.2, 0.25) is 0 Å². The molecule has 2 saturated carbocycles. The van der Waals surface area contributed by atoms with Crippen molar-refractivity contribution in [3.63, 3.8) is 0 Å². The quantitative estimate of drug-likeness (QED) is 0.501. The zero-order chi connectivity index (χ0) is 7.42. The van der Waals surface area contributed by atoms with Gasteiger partial charge in [-0.05, 0) is 49.4 Å². The molecule has 0 aromatic rings. The molecule has 3 unspecified atom stereocenters.